The van der Waals surface area contributed by atoms with Crippen molar-refractivity contribution < 1.29 is 55.3 Å². The number of ether oxygens (including phenoxy) is 2. The number of carbonyl (C=O) groups is 3. The maximum atomic E-state index is 15.3. The monoisotopic (exact) mass is 548 g/mol. The van der Waals surface area contributed by atoms with Crippen molar-refractivity contribution in [2.24, 2.45) is 0 Å². The highest BCUT2D eigenvalue weighted by molar-refractivity contribution is 6.01. The van der Waals surface area contributed by atoms with Crippen LogP contribution < -0.4 is 15.0 Å². The number of benzene rings is 2. The van der Waals surface area contributed by atoms with Crippen LogP contribution in [-0.4, -0.2) is 41.1 Å². The van der Waals surface area contributed by atoms with Gasteiger partial charge in [0.25, 0.3) is 5.92 Å². The zero-order valence-corrected chi connectivity index (χ0v) is 20.2. The Morgan fingerprint density at radius 3 is 2.26 bits per heavy atom. The lowest BCUT2D eigenvalue weighted by Crippen LogP contribution is -2.49. The standard InChI is InChI=1S/C24H22F6N2O6/c1-22(2,3)38-21(36)31-17-10-23(26,27)15-9-16(25)14(20(34)35)8-18(15)32(19(17)33)11-12-4-6-13(7-5-12)37-24(28,29)30/h4-9,17H,10-11H2,1-3H3,(H,31,36)(H,34,35)/t17-/m1/s1. The number of alkyl carbamates (subject to hydrolysis) is 1. The molecule has 1 atom stereocenters. The van der Waals surface area contributed by atoms with Gasteiger partial charge in [0.05, 0.1) is 17.8 Å². The lowest BCUT2D eigenvalue weighted by atomic mass is 9.99. The van der Waals surface area contributed by atoms with Gasteiger partial charge in [-0.25, -0.2) is 22.8 Å². The molecular formula is C24H22F6N2O6. The summed E-state index contributed by atoms with van der Waals surface area (Å²) in [5, 5.41) is 11.4. The van der Waals surface area contributed by atoms with Gasteiger partial charge in [-0.1, -0.05) is 12.1 Å². The number of hydrogen-bond acceptors (Lipinski definition) is 5. The fourth-order valence-electron chi connectivity index (χ4n) is 3.71. The topological polar surface area (TPSA) is 105 Å². The van der Waals surface area contributed by atoms with Gasteiger partial charge in [0, 0.05) is 12.0 Å². The van der Waals surface area contributed by atoms with Crippen molar-refractivity contribution in [3.8, 4) is 5.75 Å². The Labute approximate surface area is 212 Å². The summed E-state index contributed by atoms with van der Waals surface area (Å²) in [6.07, 6.45) is -7.47. The second-order valence-corrected chi connectivity index (χ2v) is 9.38. The van der Waals surface area contributed by atoms with Crippen molar-refractivity contribution in [3.05, 3.63) is 58.9 Å². The van der Waals surface area contributed by atoms with E-state index < -0.39 is 83.2 Å². The number of carbonyl (C=O) groups excluding carboxylic acids is 2. The molecule has 0 bridgehead atoms. The van der Waals surface area contributed by atoms with Gasteiger partial charge in [-0.3, -0.25) is 4.79 Å². The summed E-state index contributed by atoms with van der Waals surface area (Å²) in [5.74, 6) is -8.89. The fraction of sp³-hybridized carbons (Fsp3) is 0.375. The molecule has 2 aromatic carbocycles. The van der Waals surface area contributed by atoms with Crippen LogP contribution in [0.5, 0.6) is 5.75 Å². The van der Waals surface area contributed by atoms with Crippen molar-refractivity contribution in [2.75, 3.05) is 4.90 Å². The van der Waals surface area contributed by atoms with Crippen LogP contribution >= 0.6 is 0 Å². The first kappa shape index (κ1) is 28.6. The molecule has 0 saturated heterocycles. The average Bonchev–Trinajstić information content (AvgIpc) is 2.81. The minimum atomic E-state index is -4.97. The first-order chi connectivity index (χ1) is 17.4. The molecule has 0 spiro atoms. The Bertz CT molecular complexity index is 1240. The number of alkyl halides is 5. The van der Waals surface area contributed by atoms with Crippen LogP contribution in [0.25, 0.3) is 0 Å². The largest absolute Gasteiger partial charge is 0.573 e. The van der Waals surface area contributed by atoms with Gasteiger partial charge in [-0.2, -0.15) is 0 Å². The highest BCUT2D eigenvalue weighted by atomic mass is 19.4. The molecule has 1 aliphatic heterocycles. The lowest BCUT2D eigenvalue weighted by Gasteiger charge is -2.27. The van der Waals surface area contributed by atoms with Crippen LogP contribution in [0.4, 0.5) is 36.8 Å². The van der Waals surface area contributed by atoms with Crippen LogP contribution in [0, 0.1) is 5.82 Å². The maximum Gasteiger partial charge on any atom is 0.573 e. The Morgan fingerprint density at radius 1 is 1.13 bits per heavy atom. The van der Waals surface area contributed by atoms with Crippen molar-refractivity contribution in [1.82, 2.24) is 5.32 Å². The summed E-state index contributed by atoms with van der Waals surface area (Å²) in [4.78, 5) is 37.9. The molecule has 2 aromatic rings. The van der Waals surface area contributed by atoms with Gasteiger partial charge in [0.1, 0.15) is 23.2 Å². The van der Waals surface area contributed by atoms with E-state index in [0.29, 0.717) is 17.0 Å². The van der Waals surface area contributed by atoms with Gasteiger partial charge in [0.2, 0.25) is 5.91 Å². The third-order valence-electron chi connectivity index (χ3n) is 5.21. The molecule has 14 heteroatoms. The summed E-state index contributed by atoms with van der Waals surface area (Å²) in [7, 11) is 0. The number of rotatable bonds is 5. The molecule has 0 unspecified atom stereocenters. The second-order valence-electron chi connectivity index (χ2n) is 9.38. The van der Waals surface area contributed by atoms with Crippen LogP contribution in [-0.2, 0) is 22.0 Å². The quantitative estimate of drug-likeness (QED) is 0.489. The van der Waals surface area contributed by atoms with E-state index in [2.05, 4.69) is 10.1 Å². The minimum absolute atomic E-state index is 0.126. The zero-order chi connectivity index (χ0) is 28.6. The van der Waals surface area contributed by atoms with Crippen LogP contribution in [0.1, 0.15) is 48.7 Å². The molecule has 3 rings (SSSR count). The Hall–Kier alpha value is -3.97. The molecule has 2 N–H and O–H groups in total. The van der Waals surface area contributed by atoms with Crippen molar-refractivity contribution in [2.45, 2.75) is 57.7 Å². The van der Waals surface area contributed by atoms with Crippen LogP contribution in [0.3, 0.4) is 0 Å². The molecule has 1 aliphatic rings. The van der Waals surface area contributed by atoms with E-state index in [4.69, 9.17) is 4.74 Å². The first-order valence-electron chi connectivity index (χ1n) is 11.0. The van der Waals surface area contributed by atoms with Gasteiger partial charge in [-0.15, -0.1) is 13.2 Å². The van der Waals surface area contributed by atoms with Crippen molar-refractivity contribution in [1.29, 1.82) is 0 Å². The van der Waals surface area contributed by atoms with Crippen LogP contribution in [0.2, 0.25) is 0 Å². The minimum Gasteiger partial charge on any atom is -0.478 e. The summed E-state index contributed by atoms with van der Waals surface area (Å²) >= 11 is 0. The average molecular weight is 548 g/mol. The highest BCUT2D eigenvalue weighted by Gasteiger charge is 2.47. The predicted octanol–water partition coefficient (Wildman–Crippen LogP) is 5.34. The van der Waals surface area contributed by atoms with E-state index in [9.17, 15) is 37.1 Å². The molecule has 0 radical (unpaired) electrons. The molecule has 38 heavy (non-hydrogen) atoms. The Kier molecular flexibility index (Phi) is 7.57. The van der Waals surface area contributed by atoms with Crippen molar-refractivity contribution in [3.63, 3.8) is 0 Å². The third-order valence-corrected chi connectivity index (χ3v) is 5.21. The van der Waals surface area contributed by atoms with E-state index in [1.165, 1.54) is 20.8 Å². The number of anilines is 1. The lowest BCUT2D eigenvalue weighted by molar-refractivity contribution is -0.274. The molecule has 0 fully saturated rings. The number of fused-ring (bicyclic) bond motifs is 1. The van der Waals surface area contributed by atoms with Gasteiger partial charge in [-0.05, 0) is 50.6 Å². The number of nitrogens with zero attached hydrogens (tertiary/aromatic N) is 1. The van der Waals surface area contributed by atoms with Gasteiger partial charge in [0.15, 0.2) is 0 Å². The number of carboxylic acids is 1. The number of nitrogens with one attached hydrogen (secondary N) is 1. The Morgan fingerprint density at radius 2 is 1.74 bits per heavy atom. The number of halogens is 6. The highest BCUT2D eigenvalue weighted by Crippen LogP contribution is 2.44. The second kappa shape index (κ2) is 10.1. The maximum absolute atomic E-state index is 15.3. The van der Waals surface area contributed by atoms with E-state index in [1.54, 1.807) is 0 Å². The molecule has 2 amide bonds. The summed E-state index contributed by atoms with van der Waals surface area (Å²) in [6, 6.07) is 3.06. The smallest absolute Gasteiger partial charge is 0.478 e. The number of amides is 2. The van der Waals surface area contributed by atoms with E-state index in [0.717, 1.165) is 24.3 Å². The Balaban J connectivity index is 2.07. The normalized spacial score (nSPS) is 17.3. The van der Waals surface area contributed by atoms with Crippen molar-refractivity contribution >= 4 is 23.7 Å². The molecular weight excluding hydrogens is 526 g/mol. The number of hydrogen-bond donors (Lipinski definition) is 2. The van der Waals surface area contributed by atoms with E-state index in [-0.39, 0.29) is 5.56 Å². The van der Waals surface area contributed by atoms with Crippen LogP contribution in [0.15, 0.2) is 36.4 Å². The molecule has 0 aliphatic carbocycles. The number of carboxylic acid groups (broad SMARTS) is 1. The van der Waals surface area contributed by atoms with E-state index >= 15 is 8.78 Å². The molecule has 8 nitrogen and oxygen atoms in total. The molecule has 206 valence electrons. The fourth-order valence-corrected chi connectivity index (χ4v) is 3.71. The summed E-state index contributed by atoms with van der Waals surface area (Å²) in [5.41, 5.74) is -3.57. The third kappa shape index (κ3) is 6.86. The van der Waals surface area contributed by atoms with Gasteiger partial charge >= 0.3 is 18.4 Å². The number of aromatic carboxylic acids is 1. The van der Waals surface area contributed by atoms with E-state index in [1.807, 2.05) is 0 Å². The molecule has 0 saturated carbocycles. The zero-order valence-electron chi connectivity index (χ0n) is 20.2. The molecule has 0 aromatic heterocycles. The summed E-state index contributed by atoms with van der Waals surface area (Å²) < 4.78 is 91.2. The summed E-state index contributed by atoms with van der Waals surface area (Å²) in [6.45, 7) is 3.95. The first-order valence-corrected chi connectivity index (χ1v) is 11.0. The van der Waals surface area contributed by atoms with Gasteiger partial charge < -0.3 is 24.8 Å². The molecule has 1 heterocycles. The predicted molar refractivity (Wildman–Crippen MR) is 119 cm³/mol. The SMILES string of the molecule is CC(C)(C)OC(=O)N[C@@H]1CC(F)(F)c2cc(F)c(C(=O)O)cc2N(Cc2ccc(OC(F)(F)F)cc2)C1=O.